The van der Waals surface area contributed by atoms with Gasteiger partial charge in [0, 0.05) is 7.11 Å². The fourth-order valence-electron chi connectivity index (χ4n) is 2.35. The van der Waals surface area contributed by atoms with Gasteiger partial charge in [0.2, 0.25) is 11.8 Å². The van der Waals surface area contributed by atoms with Crippen LogP contribution < -0.4 is 10.6 Å². The van der Waals surface area contributed by atoms with E-state index in [9.17, 15) is 9.59 Å². The predicted molar refractivity (Wildman–Crippen MR) is 93.0 cm³/mol. The number of carbonyl (C=O) groups is 2. The monoisotopic (exact) mass is 360 g/mol. The van der Waals surface area contributed by atoms with Crippen LogP contribution in [0.15, 0.2) is 18.2 Å². The molecule has 23 heavy (non-hydrogen) atoms. The van der Waals surface area contributed by atoms with Crippen LogP contribution in [-0.4, -0.2) is 36.4 Å². The zero-order chi connectivity index (χ0) is 17.6. The number of carbonyl (C=O) groups excluding carboxylic acids is 2. The van der Waals surface area contributed by atoms with Crippen molar-refractivity contribution >= 4 is 40.7 Å². The molecule has 1 rings (SSSR count). The van der Waals surface area contributed by atoms with Crippen molar-refractivity contribution in [2.75, 3.05) is 18.7 Å². The molecule has 2 N–H and O–H groups in total. The van der Waals surface area contributed by atoms with Gasteiger partial charge in [-0.2, -0.15) is 0 Å². The average molecular weight is 361 g/mol. The largest absolute Gasteiger partial charge is 0.368 e. The second kappa shape index (κ2) is 9.11. The van der Waals surface area contributed by atoms with E-state index in [1.54, 1.807) is 0 Å². The van der Waals surface area contributed by atoms with Crippen LogP contribution in [0, 0.1) is 0 Å². The lowest BCUT2D eigenvalue weighted by Gasteiger charge is -2.29. The minimum Gasteiger partial charge on any atom is -0.368 e. The maximum absolute atomic E-state index is 12.7. The van der Waals surface area contributed by atoms with Crippen molar-refractivity contribution in [3.05, 3.63) is 29.3 Å². The maximum Gasteiger partial charge on any atom is 0.249 e. The molecule has 0 saturated heterocycles. The number of primary amides is 1. The summed E-state index contributed by atoms with van der Waals surface area (Å²) in [6.45, 7) is 4.01. The third kappa shape index (κ3) is 4.59. The normalized spacial score (nSPS) is 13.4. The molecule has 2 unspecified atom stereocenters. The first kappa shape index (κ1) is 19.7. The molecule has 7 heteroatoms. The number of alkyl halides is 2. The average Bonchev–Trinajstić information content (AvgIpc) is 2.56. The van der Waals surface area contributed by atoms with Gasteiger partial charge in [-0.25, -0.2) is 0 Å². The van der Waals surface area contributed by atoms with Gasteiger partial charge in [-0.05, 0) is 24.0 Å². The number of nitrogens with two attached hydrogens (primary N) is 1. The quantitative estimate of drug-likeness (QED) is 0.571. The molecule has 0 aliphatic carbocycles. The number of para-hydroxylation sites is 1. The summed E-state index contributed by atoms with van der Waals surface area (Å²) in [5.41, 5.74) is 7.87. The Morgan fingerprint density at radius 3 is 2.09 bits per heavy atom. The first-order chi connectivity index (χ1) is 10.9. The molecule has 0 aliphatic heterocycles. The lowest BCUT2D eigenvalue weighted by atomic mass is 10.0. The fourth-order valence-corrected chi connectivity index (χ4v) is 2.70. The van der Waals surface area contributed by atoms with Gasteiger partial charge in [-0.15, -0.1) is 23.2 Å². The van der Waals surface area contributed by atoms with Crippen LogP contribution in [0.2, 0.25) is 0 Å². The zero-order valence-electron chi connectivity index (χ0n) is 13.5. The Morgan fingerprint density at radius 1 is 1.17 bits per heavy atom. The van der Waals surface area contributed by atoms with Crippen LogP contribution in [0.5, 0.6) is 0 Å². The second-order valence-electron chi connectivity index (χ2n) is 5.02. The van der Waals surface area contributed by atoms with Crippen LogP contribution in [0.4, 0.5) is 5.69 Å². The lowest BCUT2D eigenvalue weighted by molar-refractivity contribution is -0.123. The first-order valence-corrected chi connectivity index (χ1v) is 8.24. The molecule has 0 aliphatic rings. The molecule has 0 aromatic heterocycles. The topological polar surface area (TPSA) is 72.6 Å². The zero-order valence-corrected chi connectivity index (χ0v) is 15.0. The molecule has 1 aromatic carbocycles. The van der Waals surface area contributed by atoms with Gasteiger partial charge in [0.05, 0.1) is 5.69 Å². The molecule has 0 bridgehead atoms. The van der Waals surface area contributed by atoms with Crippen LogP contribution >= 0.6 is 23.2 Å². The summed E-state index contributed by atoms with van der Waals surface area (Å²) < 4.78 is 5.16. The van der Waals surface area contributed by atoms with E-state index in [1.165, 1.54) is 12.0 Å². The highest BCUT2D eigenvalue weighted by molar-refractivity contribution is 6.43. The van der Waals surface area contributed by atoms with E-state index in [2.05, 4.69) is 0 Å². The minimum absolute atomic E-state index is 0.00837. The van der Waals surface area contributed by atoms with E-state index in [0.29, 0.717) is 0 Å². The number of hydrogen-bond donors (Lipinski definition) is 1. The molecule has 128 valence electrons. The second-order valence-corrected chi connectivity index (χ2v) is 5.96. The number of aryl methyl sites for hydroxylation is 2. The number of anilines is 1. The van der Waals surface area contributed by atoms with Crippen LogP contribution in [0.1, 0.15) is 25.0 Å². The molecule has 1 aromatic rings. The third-order valence-corrected chi connectivity index (χ3v) is 4.56. The van der Waals surface area contributed by atoms with E-state index >= 15 is 0 Å². The molecular weight excluding hydrogens is 339 g/mol. The van der Waals surface area contributed by atoms with E-state index in [0.717, 1.165) is 29.7 Å². The van der Waals surface area contributed by atoms with Crippen LogP contribution in [0.3, 0.4) is 0 Å². The summed E-state index contributed by atoms with van der Waals surface area (Å²) in [6, 6.07) is 5.84. The Balaban J connectivity index is 3.31. The predicted octanol–water partition coefficient (Wildman–Crippen LogP) is 2.45. The van der Waals surface area contributed by atoms with Crippen molar-refractivity contribution in [1.82, 2.24) is 0 Å². The van der Waals surface area contributed by atoms with Crippen molar-refractivity contribution in [3.8, 4) is 0 Å². The highest BCUT2D eigenvalue weighted by atomic mass is 35.5. The molecule has 0 heterocycles. The number of methoxy groups -OCH3 is 1. The Kier molecular flexibility index (Phi) is 7.82. The van der Waals surface area contributed by atoms with E-state index in [-0.39, 0.29) is 6.73 Å². The highest BCUT2D eigenvalue weighted by Gasteiger charge is 2.34. The van der Waals surface area contributed by atoms with E-state index in [4.69, 9.17) is 33.7 Å². The molecular formula is C16H22Cl2N2O3. The Bertz CT molecular complexity index is 544. The number of amides is 2. The van der Waals surface area contributed by atoms with Crippen molar-refractivity contribution in [2.45, 2.75) is 37.4 Å². The van der Waals surface area contributed by atoms with Crippen molar-refractivity contribution in [1.29, 1.82) is 0 Å². The molecule has 0 fully saturated rings. The molecule has 0 spiro atoms. The van der Waals surface area contributed by atoms with Gasteiger partial charge in [-0.1, -0.05) is 32.0 Å². The standard InChI is InChI=1S/C16H22Cl2N2O3/c1-4-10-7-6-8-11(5-2)14(10)20(9-23-3)16(22)13(18)12(17)15(19)21/h6-8,12-13H,4-5,9H2,1-3H3,(H2,19,21). The third-order valence-electron chi connectivity index (χ3n) is 3.52. The molecule has 0 radical (unpaired) electrons. The lowest BCUT2D eigenvalue weighted by Crippen LogP contribution is -2.46. The maximum atomic E-state index is 12.7. The molecule has 0 saturated carbocycles. The van der Waals surface area contributed by atoms with Crippen molar-refractivity contribution in [3.63, 3.8) is 0 Å². The summed E-state index contributed by atoms with van der Waals surface area (Å²) in [4.78, 5) is 25.4. The number of benzene rings is 1. The number of nitrogens with zero attached hydrogens (tertiary/aromatic N) is 1. The van der Waals surface area contributed by atoms with Crippen LogP contribution in [-0.2, 0) is 27.2 Å². The Hall–Kier alpha value is -1.30. The molecule has 5 nitrogen and oxygen atoms in total. The summed E-state index contributed by atoms with van der Waals surface area (Å²) in [5, 5.41) is -2.55. The highest BCUT2D eigenvalue weighted by Crippen LogP contribution is 2.29. The van der Waals surface area contributed by atoms with Crippen molar-refractivity contribution < 1.29 is 14.3 Å². The summed E-state index contributed by atoms with van der Waals surface area (Å²) >= 11 is 11.9. The Labute approximate surface area is 146 Å². The van der Waals surface area contributed by atoms with Gasteiger partial charge >= 0.3 is 0 Å². The van der Waals surface area contributed by atoms with Gasteiger partial charge in [0.15, 0.2) is 0 Å². The number of ether oxygens (including phenoxy) is 1. The van der Waals surface area contributed by atoms with Crippen LogP contribution in [0.25, 0.3) is 0 Å². The van der Waals surface area contributed by atoms with E-state index in [1.807, 2.05) is 32.0 Å². The Morgan fingerprint density at radius 2 is 1.70 bits per heavy atom. The molecule has 2 amide bonds. The number of hydrogen-bond acceptors (Lipinski definition) is 3. The SMILES string of the molecule is CCc1cccc(CC)c1N(COC)C(=O)C(Cl)C(Cl)C(N)=O. The van der Waals surface area contributed by atoms with Gasteiger partial charge in [0.1, 0.15) is 17.5 Å². The van der Waals surface area contributed by atoms with Gasteiger partial charge < -0.3 is 10.5 Å². The minimum atomic E-state index is -1.29. The number of halogens is 2. The van der Waals surface area contributed by atoms with Gasteiger partial charge in [-0.3, -0.25) is 14.5 Å². The van der Waals surface area contributed by atoms with Gasteiger partial charge in [0.25, 0.3) is 0 Å². The van der Waals surface area contributed by atoms with E-state index < -0.39 is 22.6 Å². The van der Waals surface area contributed by atoms with Crippen molar-refractivity contribution in [2.24, 2.45) is 5.73 Å². The summed E-state index contributed by atoms with van der Waals surface area (Å²) in [6.07, 6.45) is 1.48. The summed E-state index contributed by atoms with van der Waals surface area (Å²) in [7, 11) is 1.48. The molecule has 2 atom stereocenters. The smallest absolute Gasteiger partial charge is 0.249 e. The number of rotatable bonds is 8. The first-order valence-electron chi connectivity index (χ1n) is 7.37. The fraction of sp³-hybridized carbons (Fsp3) is 0.500. The summed E-state index contributed by atoms with van der Waals surface area (Å²) in [5.74, 6) is -1.35.